The molecule has 4 heteroatoms. The molecule has 0 aliphatic carbocycles. The predicted molar refractivity (Wildman–Crippen MR) is 66.9 cm³/mol. The second-order valence-corrected chi connectivity index (χ2v) is 4.38. The van der Waals surface area contributed by atoms with E-state index in [0.717, 1.165) is 19.6 Å². The van der Waals surface area contributed by atoms with Crippen LogP contribution in [-0.2, 0) is 6.54 Å². The van der Waals surface area contributed by atoms with Crippen molar-refractivity contribution in [2.24, 2.45) is 0 Å². The lowest BCUT2D eigenvalue weighted by molar-refractivity contribution is 0.531. The molecule has 0 atom stereocenters. The Morgan fingerprint density at radius 1 is 1.31 bits per heavy atom. The van der Waals surface area contributed by atoms with Crippen LogP contribution in [0.4, 0.5) is 0 Å². The molecule has 0 spiro atoms. The lowest BCUT2D eigenvalue weighted by Crippen LogP contribution is -2.29. The molecule has 1 N–H and O–H groups in total. The van der Waals surface area contributed by atoms with E-state index >= 15 is 0 Å². The maximum absolute atomic E-state index is 11.8. The van der Waals surface area contributed by atoms with Gasteiger partial charge in [-0.15, -0.1) is 0 Å². The molecule has 1 aromatic heterocycles. The fraction of sp³-hybridized carbons (Fsp3) is 0.750. The first-order chi connectivity index (χ1) is 7.66. The van der Waals surface area contributed by atoms with Crippen LogP contribution < -0.4 is 11.0 Å². The molecular weight excluding hydrogens is 202 g/mol. The molecule has 0 radical (unpaired) electrons. The summed E-state index contributed by atoms with van der Waals surface area (Å²) in [6.45, 7) is 8.87. The molecule has 0 fully saturated rings. The lowest BCUT2D eigenvalue weighted by atomic mass is 10.3. The molecule has 1 heterocycles. The molecule has 0 saturated heterocycles. The van der Waals surface area contributed by atoms with E-state index in [9.17, 15) is 4.79 Å². The van der Waals surface area contributed by atoms with Crippen molar-refractivity contribution in [1.82, 2.24) is 14.5 Å². The highest BCUT2D eigenvalue weighted by atomic mass is 16.1. The number of nitrogens with one attached hydrogen (secondary N) is 1. The second-order valence-electron chi connectivity index (χ2n) is 4.38. The minimum absolute atomic E-state index is 0.0901. The Kier molecular flexibility index (Phi) is 5.32. The van der Waals surface area contributed by atoms with E-state index in [1.54, 1.807) is 9.13 Å². The number of aromatic nitrogens is 2. The largest absolute Gasteiger partial charge is 0.328 e. The Morgan fingerprint density at radius 3 is 2.62 bits per heavy atom. The maximum Gasteiger partial charge on any atom is 0.328 e. The van der Waals surface area contributed by atoms with Gasteiger partial charge in [-0.05, 0) is 26.8 Å². The summed E-state index contributed by atoms with van der Waals surface area (Å²) in [6.07, 6.45) is 6.13. The summed E-state index contributed by atoms with van der Waals surface area (Å²) in [4.78, 5) is 11.8. The summed E-state index contributed by atoms with van der Waals surface area (Å²) in [7, 11) is 0. The second kappa shape index (κ2) is 6.53. The third-order valence-electron chi connectivity index (χ3n) is 2.67. The van der Waals surface area contributed by atoms with Crippen molar-refractivity contribution < 1.29 is 0 Å². The smallest absolute Gasteiger partial charge is 0.315 e. The Bertz CT molecular complexity index is 351. The highest BCUT2D eigenvalue weighted by molar-refractivity contribution is 4.83. The highest BCUT2D eigenvalue weighted by Gasteiger charge is 2.04. The van der Waals surface area contributed by atoms with Gasteiger partial charge in [0.15, 0.2) is 0 Å². The van der Waals surface area contributed by atoms with E-state index in [1.165, 1.54) is 12.8 Å². The van der Waals surface area contributed by atoms with Crippen molar-refractivity contribution in [3.63, 3.8) is 0 Å². The Hall–Kier alpha value is -1.03. The third-order valence-corrected chi connectivity index (χ3v) is 2.67. The van der Waals surface area contributed by atoms with Gasteiger partial charge >= 0.3 is 5.69 Å². The van der Waals surface area contributed by atoms with E-state index in [4.69, 9.17) is 0 Å². The van der Waals surface area contributed by atoms with Crippen molar-refractivity contribution in [1.29, 1.82) is 0 Å². The van der Waals surface area contributed by atoms with E-state index in [0.29, 0.717) is 0 Å². The number of rotatable bonds is 7. The number of nitrogens with zero attached hydrogens (tertiary/aromatic N) is 2. The van der Waals surface area contributed by atoms with Crippen LogP contribution in [0, 0.1) is 0 Å². The van der Waals surface area contributed by atoms with Gasteiger partial charge in [0.2, 0.25) is 0 Å². The van der Waals surface area contributed by atoms with Gasteiger partial charge in [-0.3, -0.25) is 9.13 Å². The average molecular weight is 225 g/mol. The molecule has 92 valence electrons. The zero-order chi connectivity index (χ0) is 12.0. The van der Waals surface area contributed by atoms with Crippen molar-refractivity contribution in [2.75, 3.05) is 13.1 Å². The Balaban J connectivity index is 2.40. The number of unbranched alkanes of at least 4 members (excludes halogenated alkanes) is 1. The van der Waals surface area contributed by atoms with Gasteiger partial charge in [-0.25, -0.2) is 4.79 Å². The summed E-state index contributed by atoms with van der Waals surface area (Å²) in [5.41, 5.74) is 0.0901. The normalized spacial score (nSPS) is 11.2. The van der Waals surface area contributed by atoms with Crippen LogP contribution in [0.3, 0.4) is 0 Å². The van der Waals surface area contributed by atoms with Gasteiger partial charge in [-0.1, -0.05) is 13.3 Å². The topological polar surface area (TPSA) is 39.0 Å². The molecular formula is C12H23N3O. The van der Waals surface area contributed by atoms with Gasteiger partial charge in [0.05, 0.1) is 0 Å². The van der Waals surface area contributed by atoms with Crippen LogP contribution in [0.1, 0.15) is 39.7 Å². The first-order valence-electron chi connectivity index (χ1n) is 6.14. The molecule has 1 rings (SSSR count). The minimum atomic E-state index is 0.0901. The zero-order valence-electron chi connectivity index (χ0n) is 10.6. The van der Waals surface area contributed by atoms with Gasteiger partial charge in [0, 0.05) is 31.5 Å². The van der Waals surface area contributed by atoms with Crippen LogP contribution in [0.15, 0.2) is 17.2 Å². The summed E-state index contributed by atoms with van der Waals surface area (Å²) in [5, 5.41) is 3.33. The lowest BCUT2D eigenvalue weighted by Gasteiger charge is -2.06. The summed E-state index contributed by atoms with van der Waals surface area (Å²) < 4.78 is 3.52. The molecule has 0 unspecified atom stereocenters. The van der Waals surface area contributed by atoms with Crippen LogP contribution >= 0.6 is 0 Å². The van der Waals surface area contributed by atoms with Crippen molar-refractivity contribution in [3.05, 3.63) is 22.9 Å². The van der Waals surface area contributed by atoms with Gasteiger partial charge in [-0.2, -0.15) is 0 Å². The standard InChI is InChI=1S/C12H23N3O/c1-4-5-6-13-7-8-14-9-10-15(11(2)3)12(14)16/h9-11,13H,4-8H2,1-3H3. The molecule has 0 amide bonds. The highest BCUT2D eigenvalue weighted by Crippen LogP contribution is 1.98. The monoisotopic (exact) mass is 225 g/mol. The number of imidazole rings is 1. The zero-order valence-corrected chi connectivity index (χ0v) is 10.6. The van der Waals surface area contributed by atoms with Crippen LogP contribution in [-0.4, -0.2) is 22.2 Å². The summed E-state index contributed by atoms with van der Waals surface area (Å²) >= 11 is 0. The van der Waals surface area contributed by atoms with Crippen LogP contribution in [0.25, 0.3) is 0 Å². The van der Waals surface area contributed by atoms with Gasteiger partial charge < -0.3 is 5.32 Å². The van der Waals surface area contributed by atoms with Crippen LogP contribution in [0.5, 0.6) is 0 Å². The number of hydrogen-bond donors (Lipinski definition) is 1. The molecule has 0 aromatic carbocycles. The first-order valence-corrected chi connectivity index (χ1v) is 6.14. The van der Waals surface area contributed by atoms with Gasteiger partial charge in [0.1, 0.15) is 0 Å². The maximum atomic E-state index is 11.8. The summed E-state index contributed by atoms with van der Waals surface area (Å²) in [6, 6.07) is 0.238. The van der Waals surface area contributed by atoms with E-state index < -0.39 is 0 Å². The van der Waals surface area contributed by atoms with E-state index in [2.05, 4.69) is 12.2 Å². The third kappa shape index (κ3) is 3.52. The average Bonchev–Trinajstić information content (AvgIpc) is 2.60. The molecule has 0 aliphatic rings. The predicted octanol–water partition coefficient (Wildman–Crippen LogP) is 1.62. The fourth-order valence-corrected chi connectivity index (χ4v) is 1.62. The van der Waals surface area contributed by atoms with E-state index in [-0.39, 0.29) is 11.7 Å². The Labute approximate surface area is 97.3 Å². The molecule has 1 aromatic rings. The Morgan fingerprint density at radius 2 is 2.06 bits per heavy atom. The number of hydrogen-bond acceptors (Lipinski definition) is 2. The molecule has 4 nitrogen and oxygen atoms in total. The summed E-state index contributed by atoms with van der Waals surface area (Å²) in [5.74, 6) is 0. The first kappa shape index (κ1) is 13.0. The van der Waals surface area contributed by atoms with Crippen molar-refractivity contribution >= 4 is 0 Å². The SMILES string of the molecule is CCCCNCCn1ccn(C(C)C)c1=O. The van der Waals surface area contributed by atoms with Crippen LogP contribution in [0.2, 0.25) is 0 Å². The van der Waals surface area contributed by atoms with Crippen molar-refractivity contribution in [3.8, 4) is 0 Å². The van der Waals surface area contributed by atoms with Crippen molar-refractivity contribution in [2.45, 2.75) is 46.2 Å². The molecule has 16 heavy (non-hydrogen) atoms. The van der Waals surface area contributed by atoms with E-state index in [1.807, 2.05) is 26.2 Å². The quantitative estimate of drug-likeness (QED) is 0.716. The molecule has 0 bridgehead atoms. The van der Waals surface area contributed by atoms with Gasteiger partial charge in [0.25, 0.3) is 0 Å². The minimum Gasteiger partial charge on any atom is -0.315 e. The fourth-order valence-electron chi connectivity index (χ4n) is 1.62. The molecule has 0 aliphatic heterocycles. The molecule has 0 saturated carbocycles.